The zero-order valence-electron chi connectivity index (χ0n) is 16.4. The third kappa shape index (κ3) is 3.87. The molecule has 2 aliphatic heterocycles. The van der Waals surface area contributed by atoms with Crippen LogP contribution in [0.4, 0.5) is 5.13 Å². The van der Waals surface area contributed by atoms with Crippen LogP contribution in [0, 0.1) is 6.92 Å². The maximum Gasteiger partial charge on any atom is 0.352 e. The second-order valence-electron chi connectivity index (χ2n) is 6.69. The molecule has 0 bridgehead atoms. The number of amides is 2. The minimum Gasteiger partial charge on any atom is -0.477 e. The number of carbonyl (C=O) groups excluding carboxylic acids is 2. The Morgan fingerprint density at radius 3 is 2.75 bits per heavy atom. The van der Waals surface area contributed by atoms with Crippen molar-refractivity contribution in [3.63, 3.8) is 0 Å². The van der Waals surface area contributed by atoms with Crippen molar-refractivity contribution in [1.82, 2.24) is 20.2 Å². The van der Waals surface area contributed by atoms with Crippen LogP contribution in [0.5, 0.6) is 0 Å². The van der Waals surface area contributed by atoms with E-state index in [-0.39, 0.29) is 22.2 Å². The highest BCUT2D eigenvalue weighted by Crippen LogP contribution is 2.41. The van der Waals surface area contributed by atoms with E-state index in [4.69, 9.17) is 5.73 Å². The number of oxime groups is 1. The minimum atomic E-state index is -1.23. The van der Waals surface area contributed by atoms with Crippen LogP contribution in [0.3, 0.4) is 0 Å². The summed E-state index contributed by atoms with van der Waals surface area (Å²) in [4.78, 5) is 47.4. The molecule has 2 aromatic rings. The molecule has 0 spiro atoms. The van der Waals surface area contributed by atoms with E-state index in [1.807, 2.05) is 6.92 Å². The number of aromatic nitrogens is 2. The summed E-state index contributed by atoms with van der Waals surface area (Å²) in [6.07, 6.45) is 3.45. The third-order valence-electron chi connectivity index (χ3n) is 4.79. The fraction of sp³-hybridized carbons (Fsp3) is 0.222. The molecule has 32 heavy (non-hydrogen) atoms. The van der Waals surface area contributed by atoms with Crippen molar-refractivity contribution >= 4 is 69.1 Å². The lowest BCUT2D eigenvalue weighted by Gasteiger charge is -2.49. The van der Waals surface area contributed by atoms with Gasteiger partial charge in [-0.25, -0.2) is 14.8 Å². The number of thioether (sulfide) groups is 1. The number of thiazole rings is 2. The lowest BCUT2D eigenvalue weighted by Crippen LogP contribution is -2.71. The molecule has 166 valence electrons. The van der Waals surface area contributed by atoms with E-state index in [0.29, 0.717) is 11.3 Å². The summed E-state index contributed by atoms with van der Waals surface area (Å²) in [6.45, 7) is 1.85. The van der Waals surface area contributed by atoms with Gasteiger partial charge in [-0.2, -0.15) is 0 Å². The number of fused-ring (bicyclic) bond motifs is 1. The summed E-state index contributed by atoms with van der Waals surface area (Å²) < 4.78 is 0. The normalized spacial score (nSPS) is 21.0. The number of aryl methyl sites for hydroxylation is 1. The fourth-order valence-electron chi connectivity index (χ4n) is 3.24. The number of carboxylic acid groups (broad SMARTS) is 1. The lowest BCUT2D eigenvalue weighted by molar-refractivity contribution is -0.150. The Morgan fingerprint density at radius 2 is 2.16 bits per heavy atom. The molecule has 1 saturated heterocycles. The Kier molecular flexibility index (Phi) is 5.99. The van der Waals surface area contributed by atoms with Crippen LogP contribution in [0.2, 0.25) is 0 Å². The molecule has 5 N–H and O–H groups in total. The van der Waals surface area contributed by atoms with Gasteiger partial charge in [0.2, 0.25) is 0 Å². The Labute approximate surface area is 193 Å². The van der Waals surface area contributed by atoms with Gasteiger partial charge < -0.3 is 21.4 Å². The summed E-state index contributed by atoms with van der Waals surface area (Å²) >= 11 is 3.82. The number of hydrogen-bond donors (Lipinski definition) is 4. The van der Waals surface area contributed by atoms with Crippen LogP contribution in [0.1, 0.15) is 16.3 Å². The molecular weight excluding hydrogens is 476 g/mol. The van der Waals surface area contributed by atoms with Gasteiger partial charge >= 0.3 is 5.97 Å². The Morgan fingerprint density at radius 1 is 1.38 bits per heavy atom. The number of rotatable bonds is 6. The number of hydrogen-bond acceptors (Lipinski definition) is 11. The van der Waals surface area contributed by atoms with Crippen molar-refractivity contribution in [3.05, 3.63) is 44.5 Å². The molecule has 2 amide bonds. The SMILES string of the molecule is Cc1ncsc1C=CC1=C(C(=O)O)N2C(=O)C(NC(=O)C(=NO)c3csc(N)n3)[C@@H]2SC1. The Hall–Kier alpha value is -3.23. The van der Waals surface area contributed by atoms with Crippen LogP contribution >= 0.6 is 34.4 Å². The Balaban J connectivity index is 1.53. The number of carbonyl (C=O) groups is 3. The van der Waals surface area contributed by atoms with Crippen molar-refractivity contribution in [2.45, 2.75) is 18.3 Å². The maximum atomic E-state index is 12.8. The van der Waals surface area contributed by atoms with Crippen LogP contribution in [0.15, 0.2) is 33.4 Å². The first-order chi connectivity index (χ1) is 15.3. The number of allylic oxidation sites excluding steroid dienone is 1. The third-order valence-corrected chi connectivity index (χ3v) is 7.66. The Bertz CT molecular complexity index is 1200. The lowest BCUT2D eigenvalue weighted by atomic mass is 10.0. The van der Waals surface area contributed by atoms with E-state index in [2.05, 4.69) is 20.4 Å². The first-order valence-electron chi connectivity index (χ1n) is 9.05. The molecule has 1 fully saturated rings. The van der Waals surface area contributed by atoms with E-state index >= 15 is 0 Å². The number of nitrogens with one attached hydrogen (secondary N) is 1. The van der Waals surface area contributed by atoms with E-state index < -0.39 is 29.2 Å². The predicted octanol–water partition coefficient (Wildman–Crippen LogP) is 1.12. The maximum absolute atomic E-state index is 12.8. The first-order valence-corrected chi connectivity index (χ1v) is 11.9. The van der Waals surface area contributed by atoms with Gasteiger partial charge in [-0.1, -0.05) is 11.2 Å². The summed E-state index contributed by atoms with van der Waals surface area (Å²) in [6, 6.07) is -0.969. The van der Waals surface area contributed by atoms with E-state index in [9.17, 15) is 24.7 Å². The van der Waals surface area contributed by atoms with Gasteiger partial charge in [0.05, 0.1) is 11.2 Å². The van der Waals surface area contributed by atoms with Crippen LogP contribution in [-0.4, -0.2) is 65.8 Å². The number of nitrogen functional groups attached to an aromatic ring is 1. The monoisotopic (exact) mass is 492 g/mol. The summed E-state index contributed by atoms with van der Waals surface area (Å²) in [5.74, 6) is -2.28. The topological polar surface area (TPSA) is 171 Å². The molecule has 11 nitrogen and oxygen atoms in total. The molecule has 0 radical (unpaired) electrons. The molecule has 2 aromatic heterocycles. The van der Waals surface area contributed by atoms with E-state index in [1.54, 1.807) is 17.7 Å². The van der Waals surface area contributed by atoms with E-state index in [0.717, 1.165) is 26.8 Å². The van der Waals surface area contributed by atoms with Crippen molar-refractivity contribution in [2.75, 3.05) is 11.5 Å². The minimum absolute atomic E-state index is 0.0735. The van der Waals surface area contributed by atoms with Crippen LogP contribution < -0.4 is 11.1 Å². The predicted molar refractivity (Wildman–Crippen MR) is 120 cm³/mol. The molecule has 2 aliphatic rings. The molecule has 14 heteroatoms. The van der Waals surface area contributed by atoms with E-state index in [1.165, 1.54) is 28.5 Å². The molecule has 2 atom stereocenters. The standard InChI is InChI=1S/C18H16N6O5S3/c1-7-10(32-6-20-7)3-2-8-4-30-16-12(15(26)24(16)13(8)17(27)28)22-14(25)11(23-29)9-5-31-18(19)21-9/h2-3,5-6,12,16,29H,4H2,1H3,(H2,19,21)(H,22,25)(H,27,28)/t12?,16-/m0/s1. The van der Waals surface area contributed by atoms with Gasteiger partial charge in [0.15, 0.2) is 10.8 Å². The quantitative estimate of drug-likeness (QED) is 0.200. The highest BCUT2D eigenvalue weighted by Gasteiger charge is 2.54. The average molecular weight is 493 g/mol. The smallest absolute Gasteiger partial charge is 0.352 e. The number of carboxylic acids is 1. The van der Waals surface area contributed by atoms with Gasteiger partial charge in [0, 0.05) is 16.0 Å². The largest absolute Gasteiger partial charge is 0.477 e. The van der Waals surface area contributed by atoms with Crippen molar-refractivity contribution in [1.29, 1.82) is 0 Å². The zero-order chi connectivity index (χ0) is 23.0. The van der Waals surface area contributed by atoms with Crippen molar-refractivity contribution in [3.8, 4) is 0 Å². The molecule has 0 aliphatic carbocycles. The molecular formula is C18H16N6O5S3. The number of nitrogens with zero attached hydrogens (tertiary/aromatic N) is 4. The van der Waals surface area contributed by atoms with Crippen LogP contribution in [0.25, 0.3) is 6.08 Å². The fourth-order valence-corrected chi connectivity index (χ4v) is 5.80. The molecule has 0 aromatic carbocycles. The molecule has 0 saturated carbocycles. The summed E-state index contributed by atoms with van der Waals surface area (Å²) in [7, 11) is 0. The van der Waals surface area contributed by atoms with Crippen LogP contribution in [-0.2, 0) is 14.4 Å². The number of aliphatic carboxylic acids is 1. The van der Waals surface area contributed by atoms with Gasteiger partial charge in [-0.15, -0.1) is 34.4 Å². The summed E-state index contributed by atoms with van der Waals surface area (Å²) in [5, 5.41) is 25.5. The van der Waals surface area contributed by atoms with Gasteiger partial charge in [-0.3, -0.25) is 14.5 Å². The van der Waals surface area contributed by atoms with Gasteiger partial charge in [0.1, 0.15) is 22.8 Å². The summed E-state index contributed by atoms with van der Waals surface area (Å²) in [5.41, 5.74) is 8.13. The zero-order valence-corrected chi connectivity index (χ0v) is 18.8. The molecule has 4 rings (SSSR count). The molecule has 4 heterocycles. The van der Waals surface area contributed by atoms with Crippen molar-refractivity contribution < 1.29 is 24.7 Å². The van der Waals surface area contributed by atoms with Gasteiger partial charge in [-0.05, 0) is 18.6 Å². The average Bonchev–Trinajstić information content (AvgIpc) is 3.37. The second kappa shape index (κ2) is 8.72. The number of anilines is 1. The molecule has 1 unspecified atom stereocenters. The first kappa shape index (κ1) is 22.0. The second-order valence-corrected chi connectivity index (χ2v) is 9.58. The highest BCUT2D eigenvalue weighted by molar-refractivity contribution is 8.00. The highest BCUT2D eigenvalue weighted by atomic mass is 32.2. The number of nitrogens with two attached hydrogens (primary N) is 1. The number of β-lactam (4-membered cyclic amide) rings is 1. The van der Waals surface area contributed by atoms with Gasteiger partial charge in [0.25, 0.3) is 11.8 Å². The van der Waals surface area contributed by atoms with Crippen molar-refractivity contribution in [2.24, 2.45) is 5.16 Å².